The van der Waals surface area contributed by atoms with E-state index in [0.29, 0.717) is 5.92 Å². The fraction of sp³-hybridized carbons (Fsp3) is 0.750. The molecule has 1 aromatic heterocycles. The summed E-state index contributed by atoms with van der Waals surface area (Å²) in [5.74, 6) is 0.570. The Kier molecular flexibility index (Phi) is 4.74. The lowest BCUT2D eigenvalue weighted by atomic mass is 9.84. The average molecular weight is 226 g/mol. The van der Waals surface area contributed by atoms with Crippen LogP contribution >= 0.6 is 11.3 Å². The molecule has 0 aliphatic rings. The maximum atomic E-state index is 4.49. The molecule has 0 fully saturated rings. The Labute approximate surface area is 97.1 Å². The van der Waals surface area contributed by atoms with Crippen LogP contribution < -0.4 is 5.32 Å². The lowest BCUT2D eigenvalue weighted by molar-refractivity contribution is 0.228. The highest BCUT2D eigenvalue weighted by molar-refractivity contribution is 7.09. The van der Waals surface area contributed by atoms with Gasteiger partial charge in [0.25, 0.3) is 0 Å². The Morgan fingerprint density at radius 2 is 2.20 bits per heavy atom. The zero-order valence-electron chi connectivity index (χ0n) is 10.2. The first-order valence-corrected chi connectivity index (χ1v) is 6.70. The third-order valence-corrected chi connectivity index (χ3v) is 4.00. The molecule has 15 heavy (non-hydrogen) atoms. The fourth-order valence-corrected chi connectivity index (χ4v) is 3.04. The van der Waals surface area contributed by atoms with Crippen LogP contribution in [0.25, 0.3) is 0 Å². The van der Waals surface area contributed by atoms with Crippen LogP contribution in [-0.2, 0) is 5.54 Å². The smallest absolute Gasteiger partial charge is 0.113 e. The van der Waals surface area contributed by atoms with Gasteiger partial charge in [-0.2, -0.15) is 0 Å². The molecule has 1 unspecified atom stereocenters. The number of thiazole rings is 1. The van der Waals surface area contributed by atoms with E-state index >= 15 is 0 Å². The molecule has 0 saturated carbocycles. The van der Waals surface area contributed by atoms with Gasteiger partial charge in [0.05, 0.1) is 5.54 Å². The molecule has 86 valence electrons. The Morgan fingerprint density at radius 3 is 2.60 bits per heavy atom. The van der Waals surface area contributed by atoms with Crippen molar-refractivity contribution in [1.29, 1.82) is 0 Å². The minimum Gasteiger partial charge on any atom is -0.305 e. The molecule has 3 heteroatoms. The normalized spacial score (nSPS) is 15.5. The Morgan fingerprint density at radius 1 is 1.47 bits per heavy atom. The predicted octanol–water partition coefficient (Wildman–Crippen LogP) is 3.40. The van der Waals surface area contributed by atoms with Crippen LogP contribution in [0.1, 0.15) is 45.5 Å². The van der Waals surface area contributed by atoms with E-state index in [-0.39, 0.29) is 5.54 Å². The van der Waals surface area contributed by atoms with Crippen molar-refractivity contribution in [2.45, 2.75) is 46.1 Å². The molecule has 0 aliphatic heterocycles. The Hall–Kier alpha value is -0.410. The molecule has 1 heterocycles. The van der Waals surface area contributed by atoms with E-state index in [4.69, 9.17) is 0 Å². The molecular weight excluding hydrogens is 204 g/mol. The summed E-state index contributed by atoms with van der Waals surface area (Å²) in [5.41, 5.74) is 0.0736. The van der Waals surface area contributed by atoms with E-state index in [0.717, 1.165) is 13.0 Å². The third kappa shape index (κ3) is 2.58. The van der Waals surface area contributed by atoms with E-state index in [1.165, 1.54) is 11.4 Å². The fourth-order valence-electron chi connectivity index (χ4n) is 2.00. The van der Waals surface area contributed by atoms with Crippen molar-refractivity contribution in [1.82, 2.24) is 10.3 Å². The molecule has 0 aliphatic carbocycles. The number of hydrogen-bond acceptors (Lipinski definition) is 3. The summed E-state index contributed by atoms with van der Waals surface area (Å²) in [7, 11) is 0. The summed E-state index contributed by atoms with van der Waals surface area (Å²) in [6.45, 7) is 10.0. The van der Waals surface area contributed by atoms with Gasteiger partial charge in [-0.3, -0.25) is 0 Å². The molecule has 1 aromatic rings. The van der Waals surface area contributed by atoms with Crippen molar-refractivity contribution in [2.24, 2.45) is 5.92 Å². The van der Waals surface area contributed by atoms with Crippen molar-refractivity contribution < 1.29 is 0 Å². The molecule has 1 N–H and O–H groups in total. The minimum absolute atomic E-state index is 0.0736. The van der Waals surface area contributed by atoms with Crippen LogP contribution in [0.4, 0.5) is 0 Å². The van der Waals surface area contributed by atoms with E-state index in [2.05, 4.69) is 43.4 Å². The van der Waals surface area contributed by atoms with Gasteiger partial charge >= 0.3 is 0 Å². The summed E-state index contributed by atoms with van der Waals surface area (Å²) in [4.78, 5) is 4.49. The van der Waals surface area contributed by atoms with Crippen LogP contribution in [0.5, 0.6) is 0 Å². The Bertz CT molecular complexity index is 269. The largest absolute Gasteiger partial charge is 0.305 e. The van der Waals surface area contributed by atoms with E-state index in [1.54, 1.807) is 11.3 Å². The van der Waals surface area contributed by atoms with Crippen molar-refractivity contribution in [3.63, 3.8) is 0 Å². The van der Waals surface area contributed by atoms with Crippen molar-refractivity contribution in [2.75, 3.05) is 6.54 Å². The highest BCUT2D eigenvalue weighted by Crippen LogP contribution is 2.34. The summed E-state index contributed by atoms with van der Waals surface area (Å²) in [6, 6.07) is 0. The number of rotatable bonds is 6. The molecule has 0 radical (unpaired) electrons. The van der Waals surface area contributed by atoms with Gasteiger partial charge in [0.1, 0.15) is 5.01 Å². The van der Waals surface area contributed by atoms with E-state index < -0.39 is 0 Å². The molecule has 1 rings (SSSR count). The number of aromatic nitrogens is 1. The molecule has 2 nitrogen and oxygen atoms in total. The molecule has 0 bridgehead atoms. The summed E-state index contributed by atoms with van der Waals surface area (Å²) in [6.07, 6.45) is 4.17. The van der Waals surface area contributed by atoms with Crippen LogP contribution in [0.3, 0.4) is 0 Å². The van der Waals surface area contributed by atoms with Gasteiger partial charge in [-0.1, -0.05) is 27.7 Å². The summed E-state index contributed by atoms with van der Waals surface area (Å²) < 4.78 is 0. The Balaban J connectivity index is 2.93. The number of hydrogen-bond donors (Lipinski definition) is 1. The maximum absolute atomic E-state index is 4.49. The highest BCUT2D eigenvalue weighted by Gasteiger charge is 2.35. The first-order valence-electron chi connectivity index (χ1n) is 5.82. The predicted molar refractivity (Wildman–Crippen MR) is 67.2 cm³/mol. The second-order valence-electron chi connectivity index (χ2n) is 4.24. The van der Waals surface area contributed by atoms with Gasteiger partial charge in [0.2, 0.25) is 0 Å². The molecule has 1 atom stereocenters. The third-order valence-electron chi connectivity index (χ3n) is 3.05. The van der Waals surface area contributed by atoms with Crippen molar-refractivity contribution in [3.8, 4) is 0 Å². The van der Waals surface area contributed by atoms with Gasteiger partial charge in [-0.25, -0.2) is 4.98 Å². The van der Waals surface area contributed by atoms with E-state index in [9.17, 15) is 0 Å². The SMILES string of the molecule is CCCNC(CC)(c1nccs1)C(C)C. The monoisotopic (exact) mass is 226 g/mol. The molecule has 0 aromatic carbocycles. The van der Waals surface area contributed by atoms with Crippen LogP contribution in [0, 0.1) is 5.92 Å². The van der Waals surface area contributed by atoms with Crippen molar-refractivity contribution >= 4 is 11.3 Å². The molecule has 0 spiro atoms. The molecule has 0 amide bonds. The lowest BCUT2D eigenvalue weighted by Crippen LogP contribution is -2.46. The number of nitrogens with zero attached hydrogens (tertiary/aromatic N) is 1. The maximum Gasteiger partial charge on any atom is 0.113 e. The van der Waals surface area contributed by atoms with Gasteiger partial charge in [0, 0.05) is 11.6 Å². The summed E-state index contributed by atoms with van der Waals surface area (Å²) >= 11 is 1.76. The first kappa shape index (κ1) is 12.7. The lowest BCUT2D eigenvalue weighted by Gasteiger charge is -2.36. The summed E-state index contributed by atoms with van der Waals surface area (Å²) in [5, 5.41) is 6.98. The van der Waals surface area contributed by atoms with Gasteiger partial charge in [0.15, 0.2) is 0 Å². The second kappa shape index (κ2) is 5.61. The quantitative estimate of drug-likeness (QED) is 0.804. The molecule has 0 saturated heterocycles. The van der Waals surface area contributed by atoms with Crippen LogP contribution in [-0.4, -0.2) is 11.5 Å². The van der Waals surface area contributed by atoms with Gasteiger partial charge in [-0.15, -0.1) is 11.3 Å². The van der Waals surface area contributed by atoms with Gasteiger partial charge < -0.3 is 5.32 Å². The second-order valence-corrected chi connectivity index (χ2v) is 5.14. The first-order chi connectivity index (χ1) is 7.17. The van der Waals surface area contributed by atoms with E-state index in [1.807, 2.05) is 6.20 Å². The minimum atomic E-state index is 0.0736. The molecular formula is C12H22N2S. The standard InChI is InChI=1S/C12H22N2S/c1-5-7-14-12(6-2,10(3)4)11-13-8-9-15-11/h8-10,14H,5-7H2,1-4H3. The van der Waals surface area contributed by atoms with Crippen LogP contribution in [0.15, 0.2) is 11.6 Å². The zero-order valence-corrected chi connectivity index (χ0v) is 11.0. The van der Waals surface area contributed by atoms with Crippen LogP contribution in [0.2, 0.25) is 0 Å². The van der Waals surface area contributed by atoms with Crippen molar-refractivity contribution in [3.05, 3.63) is 16.6 Å². The average Bonchev–Trinajstić information content (AvgIpc) is 2.73. The van der Waals surface area contributed by atoms with Gasteiger partial charge in [-0.05, 0) is 25.3 Å². The topological polar surface area (TPSA) is 24.9 Å². The highest BCUT2D eigenvalue weighted by atomic mass is 32.1. The zero-order chi connectivity index (χ0) is 11.3. The number of nitrogens with one attached hydrogen (secondary N) is 1.